The first-order valence-electron chi connectivity index (χ1n) is 13.1. The summed E-state index contributed by atoms with van der Waals surface area (Å²) in [6.45, 7) is 7.00. The lowest BCUT2D eigenvalue weighted by Crippen LogP contribution is -2.53. The minimum Gasteiger partial charge on any atom is -0.368 e. The van der Waals surface area contributed by atoms with Crippen LogP contribution < -0.4 is 4.90 Å². The molecular formula is C29H34N4O4S. The molecule has 1 amide bonds. The van der Waals surface area contributed by atoms with Gasteiger partial charge in [0.1, 0.15) is 5.69 Å². The van der Waals surface area contributed by atoms with Crippen LogP contribution in [0.2, 0.25) is 0 Å². The monoisotopic (exact) mass is 534 g/mol. The van der Waals surface area contributed by atoms with Gasteiger partial charge in [0, 0.05) is 45.0 Å². The van der Waals surface area contributed by atoms with Gasteiger partial charge in [-0.25, -0.2) is 8.42 Å². The molecule has 8 nitrogen and oxygen atoms in total. The van der Waals surface area contributed by atoms with Crippen LogP contribution in [0.3, 0.4) is 0 Å². The van der Waals surface area contributed by atoms with Crippen molar-refractivity contribution in [1.29, 1.82) is 0 Å². The molecule has 0 aliphatic carbocycles. The van der Waals surface area contributed by atoms with Gasteiger partial charge in [0.05, 0.1) is 5.92 Å². The number of sulfonamides is 1. The molecule has 1 atom stereocenters. The quantitative estimate of drug-likeness (QED) is 0.471. The molecule has 0 N–H and O–H groups in total. The fraction of sp³-hybridized carbons (Fsp3) is 0.379. The van der Waals surface area contributed by atoms with Gasteiger partial charge in [0.2, 0.25) is 15.9 Å². The van der Waals surface area contributed by atoms with Gasteiger partial charge in [0.15, 0.2) is 10.7 Å². The minimum absolute atomic E-state index is 0.0409. The number of amides is 1. The SMILES string of the molecule is Cc1ccc(/C=C/c2onc(C)c2S(=O)(=O)N2CCC[C@H](C(=O)N3CCN(c4ccccc4)CC3)C2)cc1. The highest BCUT2D eigenvalue weighted by molar-refractivity contribution is 7.89. The molecule has 5 rings (SSSR count). The maximum absolute atomic E-state index is 13.8. The Kier molecular flexibility index (Phi) is 7.67. The van der Waals surface area contributed by atoms with Crippen LogP contribution in [0.15, 0.2) is 64.0 Å². The smallest absolute Gasteiger partial charge is 0.248 e. The molecule has 0 radical (unpaired) electrons. The summed E-state index contributed by atoms with van der Waals surface area (Å²) in [7, 11) is -3.89. The number of nitrogens with zero attached hydrogens (tertiary/aromatic N) is 4. The fourth-order valence-electron chi connectivity index (χ4n) is 5.22. The van der Waals surface area contributed by atoms with Crippen molar-refractivity contribution >= 4 is 33.8 Å². The summed E-state index contributed by atoms with van der Waals surface area (Å²) in [5, 5.41) is 3.95. The summed E-state index contributed by atoms with van der Waals surface area (Å²) in [4.78, 5) is 17.7. The Hall–Kier alpha value is -3.43. The third kappa shape index (κ3) is 5.54. The van der Waals surface area contributed by atoms with Crippen LogP contribution in [0.25, 0.3) is 12.2 Å². The standard InChI is InChI=1S/C29H34N4O4S/c1-22-10-12-24(13-11-22)14-15-27-28(23(2)30-37-27)38(35,36)33-16-6-7-25(21-33)29(34)32-19-17-31(18-20-32)26-8-4-3-5-9-26/h3-5,8-15,25H,6-7,16-21H2,1-2H3/b15-14+/t25-/m0/s1. The molecule has 2 aliphatic rings. The van der Waals surface area contributed by atoms with Crippen molar-refractivity contribution in [3.63, 3.8) is 0 Å². The van der Waals surface area contributed by atoms with Crippen LogP contribution in [-0.4, -0.2) is 68.0 Å². The fourth-order valence-corrected chi connectivity index (χ4v) is 7.00. The molecule has 2 fully saturated rings. The van der Waals surface area contributed by atoms with Gasteiger partial charge in [-0.1, -0.05) is 59.3 Å². The van der Waals surface area contributed by atoms with E-state index in [0.717, 1.165) is 29.9 Å². The van der Waals surface area contributed by atoms with Gasteiger partial charge < -0.3 is 14.3 Å². The van der Waals surface area contributed by atoms with Gasteiger partial charge in [-0.3, -0.25) is 4.79 Å². The highest BCUT2D eigenvalue weighted by Crippen LogP contribution is 2.30. The van der Waals surface area contributed by atoms with E-state index in [0.29, 0.717) is 38.2 Å². The molecule has 38 heavy (non-hydrogen) atoms. The first-order valence-corrected chi connectivity index (χ1v) is 14.6. The van der Waals surface area contributed by atoms with E-state index in [1.54, 1.807) is 13.0 Å². The van der Waals surface area contributed by atoms with Crippen molar-refractivity contribution in [2.75, 3.05) is 44.2 Å². The molecule has 2 saturated heterocycles. The topological polar surface area (TPSA) is 87.0 Å². The number of anilines is 1. The Morgan fingerprint density at radius 1 is 0.947 bits per heavy atom. The van der Waals surface area contributed by atoms with E-state index in [1.807, 2.05) is 60.4 Å². The molecule has 0 unspecified atom stereocenters. The number of carbonyl (C=O) groups is 1. The number of hydrogen-bond donors (Lipinski definition) is 0. The number of carbonyl (C=O) groups excluding carboxylic acids is 1. The zero-order valence-electron chi connectivity index (χ0n) is 21.9. The summed E-state index contributed by atoms with van der Waals surface area (Å²) in [5.41, 5.74) is 3.56. The average Bonchev–Trinajstić information content (AvgIpc) is 3.34. The molecule has 3 aromatic rings. The van der Waals surface area contributed by atoms with Crippen LogP contribution in [0.1, 0.15) is 35.4 Å². The zero-order valence-corrected chi connectivity index (χ0v) is 22.7. The third-order valence-electron chi connectivity index (χ3n) is 7.38. The minimum atomic E-state index is -3.89. The number of benzene rings is 2. The number of para-hydroxylation sites is 1. The van der Waals surface area contributed by atoms with Crippen molar-refractivity contribution in [3.05, 3.63) is 77.2 Å². The summed E-state index contributed by atoms with van der Waals surface area (Å²) >= 11 is 0. The number of aromatic nitrogens is 1. The second-order valence-electron chi connectivity index (χ2n) is 10.1. The van der Waals surface area contributed by atoms with Crippen molar-refractivity contribution in [2.24, 2.45) is 5.92 Å². The van der Waals surface area contributed by atoms with Gasteiger partial charge in [-0.05, 0) is 50.5 Å². The first kappa shape index (κ1) is 26.2. The number of aryl methyl sites for hydroxylation is 2. The zero-order chi connectivity index (χ0) is 26.7. The van der Waals surface area contributed by atoms with E-state index in [9.17, 15) is 13.2 Å². The van der Waals surface area contributed by atoms with Gasteiger partial charge in [0.25, 0.3) is 0 Å². The van der Waals surface area contributed by atoms with Gasteiger partial charge in [-0.2, -0.15) is 4.31 Å². The van der Waals surface area contributed by atoms with Crippen LogP contribution in [0.5, 0.6) is 0 Å². The van der Waals surface area contributed by atoms with Crippen molar-refractivity contribution in [1.82, 2.24) is 14.4 Å². The lowest BCUT2D eigenvalue weighted by atomic mass is 9.97. The van der Waals surface area contributed by atoms with Crippen LogP contribution in [0.4, 0.5) is 5.69 Å². The summed E-state index contributed by atoms with van der Waals surface area (Å²) in [6, 6.07) is 18.1. The van der Waals surface area contributed by atoms with E-state index in [-0.39, 0.29) is 29.0 Å². The Morgan fingerprint density at radius 2 is 1.66 bits per heavy atom. The van der Waals surface area contributed by atoms with Crippen molar-refractivity contribution < 1.29 is 17.7 Å². The second-order valence-corrected chi connectivity index (χ2v) is 11.9. The Morgan fingerprint density at radius 3 is 2.37 bits per heavy atom. The first-order chi connectivity index (χ1) is 18.3. The largest absolute Gasteiger partial charge is 0.368 e. The van der Waals surface area contributed by atoms with Gasteiger partial charge in [-0.15, -0.1) is 0 Å². The Balaban J connectivity index is 1.27. The molecule has 0 saturated carbocycles. The molecule has 200 valence electrons. The van der Waals surface area contributed by atoms with Crippen LogP contribution >= 0.6 is 0 Å². The van der Waals surface area contributed by atoms with Crippen LogP contribution in [-0.2, 0) is 14.8 Å². The Labute approximate surface area is 224 Å². The second kappa shape index (κ2) is 11.1. The highest BCUT2D eigenvalue weighted by Gasteiger charge is 2.38. The molecule has 9 heteroatoms. The maximum atomic E-state index is 13.8. The maximum Gasteiger partial charge on any atom is 0.248 e. The number of hydrogen-bond acceptors (Lipinski definition) is 6. The Bertz CT molecular complexity index is 1390. The van der Waals surface area contributed by atoms with Gasteiger partial charge >= 0.3 is 0 Å². The molecule has 0 spiro atoms. The number of piperidine rings is 1. The van der Waals surface area contributed by atoms with E-state index < -0.39 is 10.0 Å². The summed E-state index contributed by atoms with van der Waals surface area (Å²) < 4.78 is 34.3. The predicted octanol–water partition coefficient (Wildman–Crippen LogP) is 4.21. The highest BCUT2D eigenvalue weighted by atomic mass is 32.2. The number of rotatable bonds is 6. The summed E-state index contributed by atoms with van der Waals surface area (Å²) in [5.74, 6) is -0.110. The normalized spacial score (nSPS) is 19.3. The van der Waals surface area contributed by atoms with Crippen LogP contribution in [0, 0.1) is 19.8 Å². The predicted molar refractivity (Wildman–Crippen MR) is 148 cm³/mol. The van der Waals surface area contributed by atoms with E-state index in [2.05, 4.69) is 22.2 Å². The third-order valence-corrected chi connectivity index (χ3v) is 9.41. The average molecular weight is 535 g/mol. The lowest BCUT2D eigenvalue weighted by molar-refractivity contribution is -0.137. The molecule has 2 aliphatic heterocycles. The lowest BCUT2D eigenvalue weighted by Gasteiger charge is -2.39. The molecule has 3 heterocycles. The van der Waals surface area contributed by atoms with E-state index in [1.165, 1.54) is 4.31 Å². The molecular weight excluding hydrogens is 500 g/mol. The summed E-state index contributed by atoms with van der Waals surface area (Å²) in [6.07, 6.45) is 4.79. The van der Waals surface area contributed by atoms with Crippen molar-refractivity contribution in [3.8, 4) is 0 Å². The molecule has 2 aromatic carbocycles. The van der Waals surface area contributed by atoms with E-state index >= 15 is 0 Å². The van der Waals surface area contributed by atoms with E-state index in [4.69, 9.17) is 4.52 Å². The molecule has 1 aromatic heterocycles. The van der Waals surface area contributed by atoms with Crippen molar-refractivity contribution in [2.45, 2.75) is 31.6 Å². The number of piperazine rings is 1. The molecule has 0 bridgehead atoms.